The number of nitrogens with one attached hydrogen (secondary N) is 1. The van der Waals surface area contributed by atoms with Crippen LogP contribution in [0.15, 0.2) is 36.4 Å². The van der Waals surface area contributed by atoms with Crippen LogP contribution in [0.2, 0.25) is 0 Å². The molecule has 0 radical (unpaired) electrons. The van der Waals surface area contributed by atoms with Crippen molar-refractivity contribution in [2.75, 3.05) is 0 Å². The zero-order chi connectivity index (χ0) is 16.9. The third-order valence-electron chi connectivity index (χ3n) is 4.38. The molecule has 1 aromatic heterocycles. The maximum absolute atomic E-state index is 10.6. The summed E-state index contributed by atoms with van der Waals surface area (Å²) >= 11 is 0. The zero-order valence-corrected chi connectivity index (χ0v) is 14.3. The Bertz CT molecular complexity index is 643. The van der Waals surface area contributed by atoms with Crippen molar-refractivity contribution in [1.82, 2.24) is 15.3 Å². The summed E-state index contributed by atoms with van der Waals surface area (Å²) < 4.78 is 5.97. The molecule has 1 aliphatic carbocycles. The molecular formula is C19H25N3O2. The molecule has 128 valence electrons. The average Bonchev–Trinajstić information content (AvgIpc) is 2.56. The Morgan fingerprint density at radius 1 is 1.12 bits per heavy atom. The van der Waals surface area contributed by atoms with E-state index in [0.717, 1.165) is 42.2 Å². The normalized spacial score (nSPS) is 23.9. The average molecular weight is 327 g/mol. The van der Waals surface area contributed by atoms with Gasteiger partial charge in [0.25, 0.3) is 0 Å². The van der Waals surface area contributed by atoms with E-state index in [-0.39, 0.29) is 12.1 Å². The molecule has 1 fully saturated rings. The first-order valence-corrected chi connectivity index (χ1v) is 8.56. The Morgan fingerprint density at radius 3 is 2.54 bits per heavy atom. The van der Waals surface area contributed by atoms with Gasteiger partial charge < -0.3 is 15.2 Å². The summed E-state index contributed by atoms with van der Waals surface area (Å²) in [6, 6.07) is 11.6. The molecule has 1 heterocycles. The molecule has 0 aliphatic heterocycles. The quantitative estimate of drug-likeness (QED) is 0.883. The van der Waals surface area contributed by atoms with Gasteiger partial charge in [0.1, 0.15) is 23.8 Å². The first-order chi connectivity index (χ1) is 11.6. The highest BCUT2D eigenvalue weighted by Gasteiger charge is 2.33. The van der Waals surface area contributed by atoms with Crippen LogP contribution in [0.3, 0.4) is 0 Å². The molecule has 2 aromatic rings. The molecule has 3 atom stereocenters. The van der Waals surface area contributed by atoms with Crippen LogP contribution in [-0.4, -0.2) is 33.3 Å². The largest absolute Gasteiger partial charge is 0.488 e. The van der Waals surface area contributed by atoms with Crippen LogP contribution in [-0.2, 0) is 6.54 Å². The van der Waals surface area contributed by atoms with E-state index in [1.165, 1.54) is 0 Å². The SMILES string of the molecule is Cc1cc(C)nc(CN[C@H]2CCC[C@@H](Oc3ccccc3)[C@@H]2O)n1. The fourth-order valence-corrected chi connectivity index (χ4v) is 3.27. The number of hydrogen-bond acceptors (Lipinski definition) is 5. The Morgan fingerprint density at radius 2 is 1.83 bits per heavy atom. The summed E-state index contributed by atoms with van der Waals surface area (Å²) in [5.41, 5.74) is 1.93. The molecule has 1 saturated carbocycles. The molecule has 1 aliphatic rings. The number of para-hydroxylation sites is 1. The summed E-state index contributed by atoms with van der Waals surface area (Å²) in [6.45, 7) is 4.50. The molecule has 0 amide bonds. The smallest absolute Gasteiger partial charge is 0.142 e. The molecule has 1 aromatic carbocycles. The van der Waals surface area contributed by atoms with Gasteiger partial charge in [-0.05, 0) is 51.3 Å². The Labute approximate surface area is 143 Å². The van der Waals surface area contributed by atoms with E-state index in [2.05, 4.69) is 15.3 Å². The second-order valence-electron chi connectivity index (χ2n) is 6.45. The first kappa shape index (κ1) is 16.9. The minimum absolute atomic E-state index is 0.00289. The zero-order valence-electron chi connectivity index (χ0n) is 14.3. The Balaban J connectivity index is 1.59. The Hall–Kier alpha value is -1.98. The van der Waals surface area contributed by atoms with Gasteiger partial charge in [0, 0.05) is 17.4 Å². The van der Waals surface area contributed by atoms with Gasteiger partial charge in [0.15, 0.2) is 0 Å². The lowest BCUT2D eigenvalue weighted by Crippen LogP contribution is -2.51. The summed E-state index contributed by atoms with van der Waals surface area (Å²) in [5, 5.41) is 14.1. The standard InChI is InChI=1S/C19H25N3O2/c1-13-11-14(2)22-18(21-13)12-20-16-9-6-10-17(19(16)23)24-15-7-4-3-5-8-15/h3-5,7-8,11,16-17,19-20,23H,6,9-10,12H2,1-2H3/t16-,17+,19+/m0/s1. The lowest BCUT2D eigenvalue weighted by Gasteiger charge is -2.35. The van der Waals surface area contributed by atoms with Crippen molar-refractivity contribution in [3.63, 3.8) is 0 Å². The van der Waals surface area contributed by atoms with Gasteiger partial charge in [-0.15, -0.1) is 0 Å². The minimum atomic E-state index is -0.537. The second kappa shape index (κ2) is 7.73. The predicted octanol–water partition coefficient (Wildman–Crippen LogP) is 2.54. The van der Waals surface area contributed by atoms with Gasteiger partial charge in [-0.1, -0.05) is 18.2 Å². The van der Waals surface area contributed by atoms with Crippen LogP contribution >= 0.6 is 0 Å². The van der Waals surface area contributed by atoms with Crippen LogP contribution in [0.25, 0.3) is 0 Å². The van der Waals surface area contributed by atoms with Crippen molar-refractivity contribution in [2.24, 2.45) is 0 Å². The van der Waals surface area contributed by atoms with Crippen LogP contribution in [0.5, 0.6) is 5.75 Å². The van der Waals surface area contributed by atoms with Crippen molar-refractivity contribution >= 4 is 0 Å². The van der Waals surface area contributed by atoms with Gasteiger partial charge in [0.05, 0.1) is 6.54 Å². The fraction of sp³-hybridized carbons (Fsp3) is 0.474. The van der Waals surface area contributed by atoms with Crippen LogP contribution in [0.1, 0.15) is 36.5 Å². The number of rotatable bonds is 5. The molecule has 0 saturated heterocycles. The monoisotopic (exact) mass is 327 g/mol. The molecule has 0 unspecified atom stereocenters. The highest BCUT2D eigenvalue weighted by atomic mass is 16.5. The van der Waals surface area contributed by atoms with Crippen LogP contribution in [0, 0.1) is 13.8 Å². The van der Waals surface area contributed by atoms with Crippen LogP contribution in [0.4, 0.5) is 0 Å². The van der Waals surface area contributed by atoms with E-state index < -0.39 is 6.10 Å². The maximum atomic E-state index is 10.6. The number of benzene rings is 1. The van der Waals surface area contributed by atoms with Crippen molar-refractivity contribution in [3.05, 3.63) is 53.6 Å². The molecular weight excluding hydrogens is 302 g/mol. The van der Waals surface area contributed by atoms with E-state index in [1.807, 2.05) is 50.2 Å². The molecule has 5 heteroatoms. The molecule has 0 bridgehead atoms. The van der Waals surface area contributed by atoms with Crippen molar-refractivity contribution in [3.8, 4) is 5.75 Å². The van der Waals surface area contributed by atoms with E-state index in [1.54, 1.807) is 0 Å². The summed E-state index contributed by atoms with van der Waals surface area (Å²) in [6.07, 6.45) is 2.11. The molecule has 3 rings (SSSR count). The van der Waals surface area contributed by atoms with Gasteiger partial charge in [0.2, 0.25) is 0 Å². The maximum Gasteiger partial charge on any atom is 0.142 e. The topological polar surface area (TPSA) is 67.3 Å². The number of aromatic nitrogens is 2. The summed E-state index contributed by atoms with van der Waals surface area (Å²) in [7, 11) is 0. The van der Waals surface area contributed by atoms with Crippen molar-refractivity contribution in [2.45, 2.75) is 57.9 Å². The predicted molar refractivity (Wildman–Crippen MR) is 92.8 cm³/mol. The van der Waals surface area contributed by atoms with Gasteiger partial charge >= 0.3 is 0 Å². The molecule has 24 heavy (non-hydrogen) atoms. The van der Waals surface area contributed by atoms with Crippen molar-refractivity contribution < 1.29 is 9.84 Å². The number of aryl methyl sites for hydroxylation is 2. The molecule has 2 N–H and O–H groups in total. The molecule has 5 nitrogen and oxygen atoms in total. The summed E-state index contributed by atoms with van der Waals surface area (Å²) in [5.74, 6) is 1.57. The number of nitrogens with zero attached hydrogens (tertiary/aromatic N) is 2. The second-order valence-corrected chi connectivity index (χ2v) is 6.45. The number of ether oxygens (including phenoxy) is 1. The van der Waals surface area contributed by atoms with E-state index >= 15 is 0 Å². The number of aliphatic hydroxyl groups is 1. The minimum Gasteiger partial charge on any atom is -0.488 e. The highest BCUT2D eigenvalue weighted by molar-refractivity contribution is 5.21. The van der Waals surface area contributed by atoms with Gasteiger partial charge in [-0.3, -0.25) is 0 Å². The third kappa shape index (κ3) is 4.30. The third-order valence-corrected chi connectivity index (χ3v) is 4.38. The van der Waals surface area contributed by atoms with E-state index in [0.29, 0.717) is 6.54 Å². The van der Waals surface area contributed by atoms with E-state index in [4.69, 9.17) is 4.74 Å². The number of aliphatic hydroxyl groups excluding tert-OH is 1. The van der Waals surface area contributed by atoms with Crippen LogP contribution < -0.4 is 10.1 Å². The highest BCUT2D eigenvalue weighted by Crippen LogP contribution is 2.24. The lowest BCUT2D eigenvalue weighted by molar-refractivity contribution is -0.0159. The Kier molecular flexibility index (Phi) is 5.43. The van der Waals surface area contributed by atoms with E-state index in [9.17, 15) is 5.11 Å². The summed E-state index contributed by atoms with van der Waals surface area (Å²) in [4.78, 5) is 8.89. The van der Waals surface area contributed by atoms with Gasteiger partial charge in [-0.25, -0.2) is 9.97 Å². The molecule has 0 spiro atoms. The lowest BCUT2D eigenvalue weighted by atomic mass is 9.90. The number of hydrogen-bond donors (Lipinski definition) is 2. The van der Waals surface area contributed by atoms with Crippen molar-refractivity contribution in [1.29, 1.82) is 0 Å². The van der Waals surface area contributed by atoms with Gasteiger partial charge in [-0.2, -0.15) is 0 Å². The first-order valence-electron chi connectivity index (χ1n) is 8.56. The fourth-order valence-electron chi connectivity index (χ4n) is 3.27.